The molecular formula is C14H20BrN. The van der Waals surface area contributed by atoms with Crippen molar-refractivity contribution in [3.8, 4) is 0 Å². The molecule has 0 aliphatic rings. The molecule has 0 unspecified atom stereocenters. The molecule has 0 heterocycles. The molecule has 0 fully saturated rings. The standard InChI is InChI=1S/C14H20BrN/c1-14(2,3)16-11-13-8-6-12(7-9-13)5-4-10-15/h4-9,16H,10-11H2,1-3H3. The van der Waals surface area contributed by atoms with Crippen molar-refractivity contribution < 1.29 is 0 Å². The zero-order chi connectivity index (χ0) is 12.0. The van der Waals surface area contributed by atoms with Crippen LogP contribution in [0.25, 0.3) is 6.08 Å². The van der Waals surface area contributed by atoms with Crippen molar-refractivity contribution in [2.45, 2.75) is 32.9 Å². The maximum atomic E-state index is 3.48. The zero-order valence-corrected chi connectivity index (χ0v) is 11.8. The highest BCUT2D eigenvalue weighted by Crippen LogP contribution is 2.08. The Morgan fingerprint density at radius 1 is 1.19 bits per heavy atom. The molecule has 0 aromatic heterocycles. The smallest absolute Gasteiger partial charge is 0.0215 e. The summed E-state index contributed by atoms with van der Waals surface area (Å²) in [6.45, 7) is 7.46. The monoisotopic (exact) mass is 281 g/mol. The molecule has 2 heteroatoms. The van der Waals surface area contributed by atoms with E-state index in [9.17, 15) is 0 Å². The molecule has 0 saturated carbocycles. The Labute approximate surface area is 107 Å². The molecule has 1 nitrogen and oxygen atoms in total. The first-order chi connectivity index (χ1) is 7.51. The van der Waals surface area contributed by atoms with Gasteiger partial charge in [0.05, 0.1) is 0 Å². The highest BCUT2D eigenvalue weighted by molar-refractivity contribution is 9.09. The Balaban J connectivity index is 2.55. The summed E-state index contributed by atoms with van der Waals surface area (Å²) in [5.74, 6) is 0. The van der Waals surface area contributed by atoms with Gasteiger partial charge in [0.1, 0.15) is 0 Å². The van der Waals surface area contributed by atoms with Gasteiger partial charge in [-0.3, -0.25) is 0 Å². The molecule has 1 rings (SSSR count). The lowest BCUT2D eigenvalue weighted by Gasteiger charge is -2.20. The number of hydrogen-bond donors (Lipinski definition) is 1. The third kappa shape index (κ3) is 5.47. The molecule has 0 radical (unpaired) electrons. The first kappa shape index (κ1) is 13.5. The van der Waals surface area contributed by atoms with Crippen molar-refractivity contribution >= 4 is 22.0 Å². The van der Waals surface area contributed by atoms with Crippen LogP contribution in [0, 0.1) is 0 Å². The predicted molar refractivity (Wildman–Crippen MR) is 75.9 cm³/mol. The lowest BCUT2D eigenvalue weighted by atomic mass is 10.1. The van der Waals surface area contributed by atoms with E-state index in [2.05, 4.69) is 78.4 Å². The number of nitrogens with one attached hydrogen (secondary N) is 1. The van der Waals surface area contributed by atoms with Crippen LogP contribution in [0.5, 0.6) is 0 Å². The molecule has 16 heavy (non-hydrogen) atoms. The van der Waals surface area contributed by atoms with Crippen LogP contribution in [0.2, 0.25) is 0 Å². The summed E-state index contributed by atoms with van der Waals surface area (Å²) in [6.07, 6.45) is 4.22. The van der Waals surface area contributed by atoms with E-state index in [4.69, 9.17) is 0 Å². The summed E-state index contributed by atoms with van der Waals surface area (Å²) in [7, 11) is 0. The lowest BCUT2D eigenvalue weighted by molar-refractivity contribution is 0.424. The van der Waals surface area contributed by atoms with E-state index in [1.165, 1.54) is 11.1 Å². The van der Waals surface area contributed by atoms with Crippen LogP contribution in [0.4, 0.5) is 0 Å². The Morgan fingerprint density at radius 3 is 2.31 bits per heavy atom. The third-order valence-electron chi connectivity index (χ3n) is 2.20. The first-order valence-electron chi connectivity index (χ1n) is 5.58. The SMILES string of the molecule is CC(C)(C)NCc1ccc(C=CCBr)cc1. The maximum absolute atomic E-state index is 3.48. The van der Waals surface area contributed by atoms with Gasteiger partial charge >= 0.3 is 0 Å². The van der Waals surface area contributed by atoms with Gasteiger partial charge in [-0.2, -0.15) is 0 Å². The fourth-order valence-electron chi connectivity index (χ4n) is 1.29. The Bertz CT molecular complexity index is 333. The number of halogens is 1. The van der Waals surface area contributed by atoms with E-state index >= 15 is 0 Å². The number of benzene rings is 1. The highest BCUT2D eigenvalue weighted by Gasteiger charge is 2.07. The second kappa shape index (κ2) is 6.21. The topological polar surface area (TPSA) is 12.0 Å². The quantitative estimate of drug-likeness (QED) is 0.824. The second-order valence-corrected chi connectivity index (χ2v) is 5.55. The van der Waals surface area contributed by atoms with Crippen molar-refractivity contribution in [1.29, 1.82) is 0 Å². The van der Waals surface area contributed by atoms with Crippen LogP contribution in [0.1, 0.15) is 31.9 Å². The van der Waals surface area contributed by atoms with Crippen molar-refractivity contribution in [1.82, 2.24) is 5.32 Å². The first-order valence-corrected chi connectivity index (χ1v) is 6.70. The van der Waals surface area contributed by atoms with Crippen molar-refractivity contribution in [2.75, 3.05) is 5.33 Å². The Morgan fingerprint density at radius 2 is 1.81 bits per heavy atom. The number of hydrogen-bond acceptors (Lipinski definition) is 1. The van der Waals surface area contributed by atoms with E-state index in [-0.39, 0.29) is 5.54 Å². The second-order valence-electron chi connectivity index (χ2n) is 4.90. The van der Waals surface area contributed by atoms with Gasteiger partial charge in [0.15, 0.2) is 0 Å². The van der Waals surface area contributed by atoms with Gasteiger partial charge in [-0.15, -0.1) is 0 Å². The number of allylic oxidation sites excluding steroid dienone is 1. The van der Waals surface area contributed by atoms with Crippen molar-refractivity contribution in [2.24, 2.45) is 0 Å². The Hall–Kier alpha value is -0.600. The summed E-state index contributed by atoms with van der Waals surface area (Å²) >= 11 is 3.37. The van der Waals surface area contributed by atoms with Crippen LogP contribution in [0.3, 0.4) is 0 Å². The molecule has 0 spiro atoms. The minimum Gasteiger partial charge on any atom is -0.308 e. The van der Waals surface area contributed by atoms with Crippen LogP contribution < -0.4 is 5.32 Å². The molecule has 1 N–H and O–H groups in total. The summed E-state index contributed by atoms with van der Waals surface area (Å²) in [6, 6.07) is 8.65. The Kier molecular flexibility index (Phi) is 5.23. The lowest BCUT2D eigenvalue weighted by Crippen LogP contribution is -2.35. The molecular weight excluding hydrogens is 262 g/mol. The van der Waals surface area contributed by atoms with Gasteiger partial charge in [-0.05, 0) is 31.9 Å². The van der Waals surface area contributed by atoms with Gasteiger partial charge in [0.2, 0.25) is 0 Å². The molecule has 0 saturated heterocycles. The number of rotatable bonds is 4. The van der Waals surface area contributed by atoms with E-state index in [1.54, 1.807) is 0 Å². The largest absolute Gasteiger partial charge is 0.308 e. The molecule has 0 aliphatic heterocycles. The highest BCUT2D eigenvalue weighted by atomic mass is 79.9. The van der Waals surface area contributed by atoms with Crippen LogP contribution >= 0.6 is 15.9 Å². The predicted octanol–water partition coefficient (Wildman–Crippen LogP) is 3.98. The normalized spacial score (nSPS) is 12.2. The molecule has 0 aliphatic carbocycles. The van der Waals surface area contributed by atoms with Crippen molar-refractivity contribution in [3.05, 3.63) is 41.5 Å². The fourth-order valence-corrected chi connectivity index (χ4v) is 1.48. The van der Waals surface area contributed by atoms with E-state index in [1.807, 2.05) is 0 Å². The summed E-state index contributed by atoms with van der Waals surface area (Å²) in [4.78, 5) is 0. The molecule has 0 amide bonds. The van der Waals surface area contributed by atoms with Crippen LogP contribution in [-0.2, 0) is 6.54 Å². The fraction of sp³-hybridized carbons (Fsp3) is 0.429. The van der Waals surface area contributed by atoms with Gasteiger partial charge in [-0.1, -0.05) is 52.3 Å². The van der Waals surface area contributed by atoms with Crippen molar-refractivity contribution in [3.63, 3.8) is 0 Å². The summed E-state index contributed by atoms with van der Waals surface area (Å²) in [5, 5.41) is 4.38. The average molecular weight is 282 g/mol. The zero-order valence-electron chi connectivity index (χ0n) is 10.3. The van der Waals surface area contributed by atoms with E-state index in [0.29, 0.717) is 0 Å². The third-order valence-corrected chi connectivity index (χ3v) is 2.58. The van der Waals surface area contributed by atoms with Gasteiger partial charge in [0.25, 0.3) is 0 Å². The molecule has 88 valence electrons. The maximum Gasteiger partial charge on any atom is 0.0215 e. The minimum absolute atomic E-state index is 0.175. The average Bonchev–Trinajstić information content (AvgIpc) is 2.24. The minimum atomic E-state index is 0.175. The molecule has 1 aromatic carbocycles. The molecule has 0 bridgehead atoms. The van der Waals surface area contributed by atoms with E-state index < -0.39 is 0 Å². The van der Waals surface area contributed by atoms with E-state index in [0.717, 1.165) is 11.9 Å². The van der Waals surface area contributed by atoms with Gasteiger partial charge < -0.3 is 5.32 Å². The molecule has 0 atom stereocenters. The van der Waals surface area contributed by atoms with Crippen LogP contribution in [0.15, 0.2) is 30.3 Å². The van der Waals surface area contributed by atoms with Crippen LogP contribution in [-0.4, -0.2) is 10.9 Å². The summed E-state index contributed by atoms with van der Waals surface area (Å²) < 4.78 is 0. The molecule has 1 aromatic rings. The number of alkyl halides is 1. The summed E-state index contributed by atoms with van der Waals surface area (Å²) in [5.41, 5.74) is 2.75. The van der Waals surface area contributed by atoms with Gasteiger partial charge in [0, 0.05) is 17.4 Å². The van der Waals surface area contributed by atoms with Gasteiger partial charge in [-0.25, -0.2) is 0 Å².